The number of aromatic nitrogens is 2. The van der Waals surface area contributed by atoms with Crippen LogP contribution in [0.3, 0.4) is 0 Å². The van der Waals surface area contributed by atoms with Crippen molar-refractivity contribution in [2.45, 2.75) is 44.6 Å². The zero-order valence-corrected chi connectivity index (χ0v) is 12.1. The van der Waals surface area contributed by atoms with Gasteiger partial charge in [-0.1, -0.05) is 6.42 Å². The summed E-state index contributed by atoms with van der Waals surface area (Å²) in [6, 6.07) is 0. The molecule has 1 aromatic heterocycles. The number of hydrogen-bond donors (Lipinski definition) is 0. The summed E-state index contributed by atoms with van der Waals surface area (Å²) in [5, 5.41) is 0. The first-order valence-electron chi connectivity index (χ1n) is 7.62. The average Bonchev–Trinajstić information content (AvgIpc) is 2.90. The molecule has 1 atom stereocenters. The van der Waals surface area contributed by atoms with Crippen molar-refractivity contribution in [3.05, 3.63) is 18.2 Å². The summed E-state index contributed by atoms with van der Waals surface area (Å²) in [5.41, 5.74) is 0. The Morgan fingerprint density at radius 1 is 1.40 bits per heavy atom. The zero-order valence-electron chi connectivity index (χ0n) is 12.1. The molecule has 2 fully saturated rings. The van der Waals surface area contributed by atoms with Gasteiger partial charge in [-0.2, -0.15) is 0 Å². The summed E-state index contributed by atoms with van der Waals surface area (Å²) in [7, 11) is 1.45. The predicted molar refractivity (Wildman–Crippen MR) is 75.5 cm³/mol. The van der Waals surface area contributed by atoms with E-state index in [-0.39, 0.29) is 6.09 Å². The van der Waals surface area contributed by atoms with E-state index in [1.165, 1.54) is 26.4 Å². The standard InChI is InChI=1S/C15H23N3O2/c1-20-15(19)18-8-3-6-13(11-18)14-16-7-9-17(14)10-12-4-2-5-12/h7,9,12-13H,2-6,8,10-11H2,1H3. The highest BCUT2D eigenvalue weighted by Gasteiger charge is 2.28. The molecule has 5 heteroatoms. The molecule has 1 saturated heterocycles. The van der Waals surface area contributed by atoms with Crippen LogP contribution in [0.15, 0.2) is 12.4 Å². The maximum atomic E-state index is 11.7. The van der Waals surface area contributed by atoms with Crippen LogP contribution in [0.25, 0.3) is 0 Å². The number of imidazole rings is 1. The van der Waals surface area contributed by atoms with Gasteiger partial charge < -0.3 is 14.2 Å². The van der Waals surface area contributed by atoms with Crippen LogP contribution in [0, 0.1) is 5.92 Å². The van der Waals surface area contributed by atoms with Crippen molar-refractivity contribution in [1.29, 1.82) is 0 Å². The van der Waals surface area contributed by atoms with Crippen LogP contribution in [0.5, 0.6) is 0 Å². The van der Waals surface area contributed by atoms with E-state index in [2.05, 4.69) is 15.7 Å². The van der Waals surface area contributed by atoms with Crippen molar-refractivity contribution in [2.24, 2.45) is 5.92 Å². The minimum absolute atomic E-state index is 0.216. The van der Waals surface area contributed by atoms with E-state index in [4.69, 9.17) is 4.74 Å². The summed E-state index contributed by atoms with van der Waals surface area (Å²) in [4.78, 5) is 18.0. The van der Waals surface area contributed by atoms with Crippen molar-refractivity contribution in [3.8, 4) is 0 Å². The third kappa shape index (κ3) is 2.67. The van der Waals surface area contributed by atoms with Gasteiger partial charge in [0.05, 0.1) is 7.11 Å². The average molecular weight is 277 g/mol. The Kier molecular flexibility index (Phi) is 3.94. The van der Waals surface area contributed by atoms with Crippen molar-refractivity contribution in [2.75, 3.05) is 20.2 Å². The second kappa shape index (κ2) is 5.85. The number of amides is 1. The van der Waals surface area contributed by atoms with Gasteiger partial charge in [0, 0.05) is 37.9 Å². The smallest absolute Gasteiger partial charge is 0.409 e. The molecule has 3 rings (SSSR count). The number of carbonyl (C=O) groups is 1. The van der Waals surface area contributed by atoms with Crippen LogP contribution in [-0.4, -0.2) is 40.7 Å². The molecule has 1 aromatic rings. The summed E-state index contributed by atoms with van der Waals surface area (Å²) in [5.74, 6) is 2.31. The summed E-state index contributed by atoms with van der Waals surface area (Å²) in [6.45, 7) is 2.62. The normalized spacial score (nSPS) is 23.4. The number of piperidine rings is 1. The Hall–Kier alpha value is -1.52. The lowest BCUT2D eigenvalue weighted by molar-refractivity contribution is 0.109. The number of rotatable bonds is 3. The van der Waals surface area contributed by atoms with Gasteiger partial charge in [-0.15, -0.1) is 0 Å². The fraction of sp³-hybridized carbons (Fsp3) is 0.733. The van der Waals surface area contributed by atoms with Crippen molar-refractivity contribution >= 4 is 6.09 Å². The Balaban J connectivity index is 1.68. The first-order valence-corrected chi connectivity index (χ1v) is 7.62. The van der Waals surface area contributed by atoms with Crippen LogP contribution in [0.2, 0.25) is 0 Å². The van der Waals surface area contributed by atoms with Gasteiger partial charge in [-0.3, -0.25) is 0 Å². The summed E-state index contributed by atoms with van der Waals surface area (Å²) in [6.07, 6.45) is 9.95. The van der Waals surface area contributed by atoms with Crippen LogP contribution >= 0.6 is 0 Å². The monoisotopic (exact) mass is 277 g/mol. The van der Waals surface area contributed by atoms with Gasteiger partial charge in [0.2, 0.25) is 0 Å². The molecule has 2 heterocycles. The Bertz CT molecular complexity index is 467. The number of hydrogen-bond acceptors (Lipinski definition) is 3. The fourth-order valence-corrected chi connectivity index (χ4v) is 3.27. The molecular weight excluding hydrogens is 254 g/mol. The quantitative estimate of drug-likeness (QED) is 0.853. The molecule has 0 aromatic carbocycles. The lowest BCUT2D eigenvalue weighted by Crippen LogP contribution is -2.39. The van der Waals surface area contributed by atoms with E-state index < -0.39 is 0 Å². The Morgan fingerprint density at radius 3 is 2.95 bits per heavy atom. The summed E-state index contributed by atoms with van der Waals surface area (Å²) < 4.78 is 7.14. The summed E-state index contributed by atoms with van der Waals surface area (Å²) >= 11 is 0. The van der Waals surface area contributed by atoms with Crippen LogP contribution < -0.4 is 0 Å². The molecular formula is C15H23N3O2. The zero-order chi connectivity index (χ0) is 13.9. The minimum Gasteiger partial charge on any atom is -0.453 e. The molecule has 1 unspecified atom stereocenters. The molecule has 0 spiro atoms. The molecule has 20 heavy (non-hydrogen) atoms. The van der Waals surface area contributed by atoms with Gasteiger partial charge >= 0.3 is 6.09 Å². The topological polar surface area (TPSA) is 47.4 Å². The van der Waals surface area contributed by atoms with E-state index >= 15 is 0 Å². The van der Waals surface area contributed by atoms with Crippen molar-refractivity contribution in [3.63, 3.8) is 0 Å². The van der Waals surface area contributed by atoms with E-state index in [1.54, 1.807) is 4.90 Å². The van der Waals surface area contributed by atoms with Crippen LogP contribution in [0.4, 0.5) is 4.79 Å². The highest BCUT2D eigenvalue weighted by molar-refractivity contribution is 5.67. The van der Waals surface area contributed by atoms with Gasteiger partial charge in [0.15, 0.2) is 0 Å². The van der Waals surface area contributed by atoms with E-state index in [1.807, 2.05) is 6.20 Å². The highest BCUT2D eigenvalue weighted by Crippen LogP contribution is 2.31. The maximum Gasteiger partial charge on any atom is 0.409 e. The van der Waals surface area contributed by atoms with E-state index in [0.717, 1.165) is 44.2 Å². The number of carbonyl (C=O) groups excluding carboxylic acids is 1. The fourth-order valence-electron chi connectivity index (χ4n) is 3.27. The molecule has 5 nitrogen and oxygen atoms in total. The Labute approximate surface area is 119 Å². The van der Waals surface area contributed by atoms with E-state index in [0.29, 0.717) is 5.92 Å². The second-order valence-corrected chi connectivity index (χ2v) is 5.99. The van der Waals surface area contributed by atoms with Gasteiger partial charge in [-0.05, 0) is 31.6 Å². The van der Waals surface area contributed by atoms with E-state index in [9.17, 15) is 4.79 Å². The third-order valence-electron chi connectivity index (χ3n) is 4.65. The first kappa shape index (κ1) is 13.5. The SMILES string of the molecule is COC(=O)N1CCCC(c2nccn2CC2CCC2)C1. The molecule has 0 radical (unpaired) electrons. The number of likely N-dealkylation sites (tertiary alicyclic amines) is 1. The molecule has 0 bridgehead atoms. The minimum atomic E-state index is -0.216. The highest BCUT2D eigenvalue weighted by atomic mass is 16.5. The molecule has 110 valence electrons. The number of nitrogens with zero attached hydrogens (tertiary/aromatic N) is 3. The van der Waals surface area contributed by atoms with Crippen LogP contribution in [-0.2, 0) is 11.3 Å². The molecule has 1 amide bonds. The largest absolute Gasteiger partial charge is 0.453 e. The second-order valence-electron chi connectivity index (χ2n) is 5.99. The molecule has 1 aliphatic carbocycles. The number of methoxy groups -OCH3 is 1. The lowest BCUT2D eigenvalue weighted by Gasteiger charge is -2.32. The van der Waals surface area contributed by atoms with Gasteiger partial charge in [0.1, 0.15) is 5.82 Å². The van der Waals surface area contributed by atoms with Crippen LogP contribution in [0.1, 0.15) is 43.8 Å². The lowest BCUT2D eigenvalue weighted by atomic mass is 9.85. The molecule has 1 saturated carbocycles. The molecule has 1 aliphatic heterocycles. The maximum absolute atomic E-state index is 11.7. The third-order valence-corrected chi connectivity index (χ3v) is 4.65. The molecule has 0 N–H and O–H groups in total. The first-order chi connectivity index (χ1) is 9.78. The molecule has 2 aliphatic rings. The van der Waals surface area contributed by atoms with Gasteiger partial charge in [-0.25, -0.2) is 9.78 Å². The van der Waals surface area contributed by atoms with Gasteiger partial charge in [0.25, 0.3) is 0 Å². The van der Waals surface area contributed by atoms with Crippen molar-refractivity contribution < 1.29 is 9.53 Å². The predicted octanol–water partition coefficient (Wildman–Crippen LogP) is 2.63. The number of ether oxygens (including phenoxy) is 1. The van der Waals surface area contributed by atoms with Crippen molar-refractivity contribution in [1.82, 2.24) is 14.5 Å². The Morgan fingerprint density at radius 2 is 2.25 bits per heavy atom.